The van der Waals surface area contributed by atoms with Crippen LogP contribution in [0.4, 0.5) is 0 Å². The topological polar surface area (TPSA) is 63.5 Å². The number of hydrogen-bond acceptors (Lipinski definition) is 5. The zero-order valence-electron chi connectivity index (χ0n) is 16.8. The van der Waals surface area contributed by atoms with E-state index >= 15 is 0 Å². The van der Waals surface area contributed by atoms with E-state index in [1.54, 1.807) is 7.11 Å². The molecule has 28 heavy (non-hydrogen) atoms. The van der Waals surface area contributed by atoms with Crippen molar-refractivity contribution in [3.05, 3.63) is 47.0 Å². The number of hydrogen-bond donors (Lipinski definition) is 0. The van der Waals surface area contributed by atoms with Crippen LogP contribution in [0.3, 0.4) is 0 Å². The number of rotatable bonds is 4. The first-order valence-corrected chi connectivity index (χ1v) is 10.2. The summed E-state index contributed by atoms with van der Waals surface area (Å²) < 4.78 is 7.39. The summed E-state index contributed by atoms with van der Waals surface area (Å²) in [6, 6.07) is 8.04. The average Bonchev–Trinajstić information content (AvgIpc) is 2.99. The molecule has 0 bridgehead atoms. The maximum Gasteiger partial charge on any atom is 0.253 e. The van der Waals surface area contributed by atoms with E-state index in [1.165, 1.54) is 12.8 Å². The molecule has 3 heterocycles. The third-order valence-electron chi connectivity index (χ3n) is 5.92. The van der Waals surface area contributed by atoms with E-state index in [0.717, 1.165) is 48.7 Å². The van der Waals surface area contributed by atoms with Crippen LogP contribution in [-0.2, 0) is 24.3 Å². The van der Waals surface area contributed by atoms with Crippen LogP contribution < -0.4 is 0 Å². The molecule has 0 spiro atoms. The molecule has 0 aliphatic carbocycles. The summed E-state index contributed by atoms with van der Waals surface area (Å²) in [4.78, 5) is 17.3. The number of carbonyl (C=O) groups is 1. The van der Waals surface area contributed by atoms with E-state index in [2.05, 4.69) is 26.7 Å². The zero-order valence-corrected chi connectivity index (χ0v) is 16.8. The zero-order chi connectivity index (χ0) is 19.5. The SMILES string of the molecule is COCc1ccc(C(=O)N2CCc3nnc([C@@H]4CCCCN4C)n3CC2)cc1. The highest BCUT2D eigenvalue weighted by atomic mass is 16.5. The lowest BCUT2D eigenvalue weighted by atomic mass is 10.0. The maximum absolute atomic E-state index is 13.0. The van der Waals surface area contributed by atoms with Gasteiger partial charge in [-0.15, -0.1) is 10.2 Å². The lowest BCUT2D eigenvalue weighted by Gasteiger charge is -2.32. The highest BCUT2D eigenvalue weighted by Gasteiger charge is 2.29. The van der Waals surface area contributed by atoms with Crippen molar-refractivity contribution >= 4 is 5.91 Å². The van der Waals surface area contributed by atoms with E-state index in [4.69, 9.17) is 4.74 Å². The number of likely N-dealkylation sites (tertiary alicyclic amines) is 1. The molecule has 2 aliphatic heterocycles. The molecule has 1 fully saturated rings. The van der Waals surface area contributed by atoms with E-state index < -0.39 is 0 Å². The fourth-order valence-electron chi connectivity index (χ4n) is 4.29. The van der Waals surface area contributed by atoms with Crippen molar-refractivity contribution in [3.8, 4) is 0 Å². The van der Waals surface area contributed by atoms with Gasteiger partial charge in [0, 0.05) is 38.7 Å². The van der Waals surface area contributed by atoms with Gasteiger partial charge in [0.1, 0.15) is 11.6 Å². The smallest absolute Gasteiger partial charge is 0.253 e. The fourth-order valence-corrected chi connectivity index (χ4v) is 4.29. The second-order valence-corrected chi connectivity index (χ2v) is 7.79. The summed E-state index contributed by atoms with van der Waals surface area (Å²) in [6.45, 7) is 3.79. The predicted octanol–water partition coefficient (Wildman–Crippen LogP) is 2.28. The van der Waals surface area contributed by atoms with Crippen molar-refractivity contribution in [2.24, 2.45) is 0 Å². The molecule has 0 unspecified atom stereocenters. The first kappa shape index (κ1) is 19.1. The van der Waals surface area contributed by atoms with Gasteiger partial charge >= 0.3 is 0 Å². The molecule has 1 atom stereocenters. The van der Waals surface area contributed by atoms with Gasteiger partial charge in [0.15, 0.2) is 0 Å². The Balaban J connectivity index is 1.46. The maximum atomic E-state index is 13.0. The monoisotopic (exact) mass is 383 g/mol. The third-order valence-corrected chi connectivity index (χ3v) is 5.92. The summed E-state index contributed by atoms with van der Waals surface area (Å²) in [5.41, 5.74) is 1.80. The van der Waals surface area contributed by atoms with Crippen LogP contribution in [-0.4, -0.2) is 64.3 Å². The lowest BCUT2D eigenvalue weighted by molar-refractivity contribution is 0.0757. The first-order valence-electron chi connectivity index (χ1n) is 10.2. The average molecular weight is 383 g/mol. The molecule has 7 heteroatoms. The summed E-state index contributed by atoms with van der Waals surface area (Å²) in [5.74, 6) is 2.15. The molecule has 150 valence electrons. The molecular formula is C21H29N5O2. The summed E-state index contributed by atoms with van der Waals surface area (Å²) in [5, 5.41) is 8.98. The van der Waals surface area contributed by atoms with Crippen molar-refractivity contribution in [1.29, 1.82) is 0 Å². The Kier molecular flexibility index (Phi) is 5.73. The van der Waals surface area contributed by atoms with Gasteiger partial charge in [-0.25, -0.2) is 0 Å². The number of amides is 1. The highest BCUT2D eigenvalue weighted by Crippen LogP contribution is 2.29. The second-order valence-electron chi connectivity index (χ2n) is 7.79. The van der Waals surface area contributed by atoms with Gasteiger partial charge in [-0.1, -0.05) is 18.6 Å². The van der Waals surface area contributed by atoms with Crippen LogP contribution in [0, 0.1) is 0 Å². The summed E-state index contributed by atoms with van der Waals surface area (Å²) in [7, 11) is 3.85. The molecule has 0 saturated carbocycles. The van der Waals surface area contributed by atoms with E-state index in [1.807, 2.05) is 29.2 Å². The second kappa shape index (κ2) is 8.41. The Labute approximate surface area is 166 Å². The van der Waals surface area contributed by atoms with Gasteiger partial charge in [0.05, 0.1) is 12.6 Å². The van der Waals surface area contributed by atoms with Crippen molar-refractivity contribution in [3.63, 3.8) is 0 Å². The van der Waals surface area contributed by atoms with Gasteiger partial charge in [-0.3, -0.25) is 9.69 Å². The van der Waals surface area contributed by atoms with Crippen molar-refractivity contribution < 1.29 is 9.53 Å². The van der Waals surface area contributed by atoms with Gasteiger partial charge in [0.2, 0.25) is 0 Å². The molecular weight excluding hydrogens is 354 g/mol. The van der Waals surface area contributed by atoms with E-state index in [0.29, 0.717) is 25.7 Å². The Morgan fingerprint density at radius 3 is 2.68 bits per heavy atom. The van der Waals surface area contributed by atoms with Crippen LogP contribution in [0.1, 0.15) is 52.9 Å². The molecule has 1 amide bonds. The Hall–Kier alpha value is -2.25. The molecule has 0 N–H and O–H groups in total. The van der Waals surface area contributed by atoms with Crippen molar-refractivity contribution in [2.45, 2.75) is 44.9 Å². The molecule has 4 rings (SSSR count). The van der Waals surface area contributed by atoms with Gasteiger partial charge in [0.25, 0.3) is 5.91 Å². The third kappa shape index (κ3) is 3.82. The number of methoxy groups -OCH3 is 1. The van der Waals surface area contributed by atoms with Crippen LogP contribution in [0.2, 0.25) is 0 Å². The summed E-state index contributed by atoms with van der Waals surface area (Å²) in [6.07, 6.45) is 4.36. The normalized spacial score (nSPS) is 20.6. The largest absolute Gasteiger partial charge is 0.380 e. The quantitative estimate of drug-likeness (QED) is 0.811. The van der Waals surface area contributed by atoms with Gasteiger partial charge in [-0.05, 0) is 44.1 Å². The molecule has 2 aliphatic rings. The van der Waals surface area contributed by atoms with Crippen LogP contribution in [0.5, 0.6) is 0 Å². The van der Waals surface area contributed by atoms with E-state index in [9.17, 15) is 4.79 Å². The number of benzene rings is 1. The Morgan fingerprint density at radius 1 is 1.11 bits per heavy atom. The van der Waals surface area contributed by atoms with Crippen LogP contribution in [0.15, 0.2) is 24.3 Å². The Bertz CT molecular complexity index is 817. The molecule has 1 aromatic carbocycles. The predicted molar refractivity (Wildman–Crippen MR) is 106 cm³/mol. The van der Waals surface area contributed by atoms with E-state index in [-0.39, 0.29) is 5.91 Å². The number of carbonyl (C=O) groups excluding carboxylic acids is 1. The fraction of sp³-hybridized carbons (Fsp3) is 0.571. The molecule has 2 aromatic rings. The number of piperidine rings is 1. The number of aromatic nitrogens is 3. The van der Waals surface area contributed by atoms with Gasteiger partial charge < -0.3 is 14.2 Å². The molecule has 0 radical (unpaired) electrons. The van der Waals surface area contributed by atoms with Crippen molar-refractivity contribution in [1.82, 2.24) is 24.6 Å². The van der Waals surface area contributed by atoms with Crippen LogP contribution >= 0.6 is 0 Å². The van der Waals surface area contributed by atoms with Gasteiger partial charge in [-0.2, -0.15) is 0 Å². The lowest BCUT2D eigenvalue weighted by Crippen LogP contribution is -2.34. The Morgan fingerprint density at radius 2 is 1.93 bits per heavy atom. The first-order chi connectivity index (χ1) is 13.7. The summed E-state index contributed by atoms with van der Waals surface area (Å²) >= 11 is 0. The molecule has 1 aromatic heterocycles. The number of fused-ring (bicyclic) bond motifs is 1. The standard InChI is InChI=1S/C21H29N5O2/c1-24-11-4-3-5-18(24)20-23-22-19-10-12-25(13-14-26(19)20)21(27)17-8-6-16(7-9-17)15-28-2/h6-9,18H,3-5,10-15H2,1-2H3/t18-/m0/s1. The molecule has 1 saturated heterocycles. The minimum absolute atomic E-state index is 0.0824. The number of nitrogens with zero attached hydrogens (tertiary/aromatic N) is 5. The minimum Gasteiger partial charge on any atom is -0.380 e. The minimum atomic E-state index is 0.0824. The highest BCUT2D eigenvalue weighted by molar-refractivity contribution is 5.94. The number of ether oxygens (including phenoxy) is 1. The van der Waals surface area contributed by atoms with Crippen molar-refractivity contribution in [2.75, 3.05) is 33.8 Å². The van der Waals surface area contributed by atoms with Crippen LogP contribution in [0.25, 0.3) is 0 Å². The molecule has 7 nitrogen and oxygen atoms in total.